The first-order valence-electron chi connectivity index (χ1n) is 15.0. The van der Waals surface area contributed by atoms with E-state index in [0.29, 0.717) is 0 Å². The van der Waals surface area contributed by atoms with E-state index >= 15 is 0 Å². The first-order chi connectivity index (χ1) is 21.3. The predicted molar refractivity (Wildman–Crippen MR) is 185 cm³/mol. The molecule has 0 radical (unpaired) electrons. The number of hydrogen-bond acceptors (Lipinski definition) is 1. The standard InChI is InChI=1S/C42H31N/c1-28-24-32(27-43-26-28)30-14-9-15-31(25-30)41-37-16-5-7-18-39(37)42(40-19-8-6-17-38(40)41)36-23-11-21-34-33(20-10-22-35(34)36)29-12-3-2-4-13-29/h2-25,27,43H,26H2,1H3. The quantitative estimate of drug-likeness (QED) is 0.215. The summed E-state index contributed by atoms with van der Waals surface area (Å²) in [6.07, 6.45) is 4.43. The van der Waals surface area contributed by atoms with Crippen molar-refractivity contribution in [2.75, 3.05) is 6.54 Å². The number of allylic oxidation sites excluding steroid dienone is 2. The zero-order valence-electron chi connectivity index (χ0n) is 24.1. The summed E-state index contributed by atoms with van der Waals surface area (Å²) in [7, 11) is 0. The van der Waals surface area contributed by atoms with Gasteiger partial charge in [0.05, 0.1) is 0 Å². The van der Waals surface area contributed by atoms with Gasteiger partial charge in [-0.25, -0.2) is 0 Å². The number of dihydropyridines is 1. The molecule has 0 amide bonds. The van der Waals surface area contributed by atoms with Gasteiger partial charge in [0, 0.05) is 12.7 Å². The van der Waals surface area contributed by atoms with Crippen LogP contribution in [0.2, 0.25) is 0 Å². The molecule has 1 heterocycles. The Morgan fingerprint density at radius 3 is 1.63 bits per heavy atom. The molecular formula is C42H31N. The van der Waals surface area contributed by atoms with Crippen molar-refractivity contribution in [1.82, 2.24) is 5.32 Å². The van der Waals surface area contributed by atoms with Crippen molar-refractivity contribution in [3.05, 3.63) is 163 Å². The third kappa shape index (κ3) is 4.33. The van der Waals surface area contributed by atoms with Crippen LogP contribution in [0, 0.1) is 0 Å². The van der Waals surface area contributed by atoms with E-state index in [2.05, 4.69) is 164 Å². The topological polar surface area (TPSA) is 12.0 Å². The number of fused-ring (bicyclic) bond motifs is 3. The van der Waals surface area contributed by atoms with Crippen molar-refractivity contribution in [2.24, 2.45) is 0 Å². The van der Waals surface area contributed by atoms with Crippen LogP contribution in [0.1, 0.15) is 12.5 Å². The van der Waals surface area contributed by atoms with Crippen molar-refractivity contribution in [3.63, 3.8) is 0 Å². The smallest absolute Gasteiger partial charge is 0.0355 e. The van der Waals surface area contributed by atoms with Gasteiger partial charge in [-0.2, -0.15) is 0 Å². The van der Waals surface area contributed by atoms with Gasteiger partial charge in [-0.1, -0.05) is 145 Å². The minimum atomic E-state index is 0.904. The fraction of sp³-hybridized carbons (Fsp3) is 0.0476. The van der Waals surface area contributed by atoms with Gasteiger partial charge in [0.2, 0.25) is 0 Å². The van der Waals surface area contributed by atoms with Crippen LogP contribution in [0.3, 0.4) is 0 Å². The van der Waals surface area contributed by atoms with Crippen LogP contribution in [-0.2, 0) is 0 Å². The summed E-state index contributed by atoms with van der Waals surface area (Å²) < 4.78 is 0. The van der Waals surface area contributed by atoms with Gasteiger partial charge in [-0.3, -0.25) is 0 Å². The Balaban J connectivity index is 1.42. The lowest BCUT2D eigenvalue weighted by Crippen LogP contribution is -2.12. The van der Waals surface area contributed by atoms with Gasteiger partial charge < -0.3 is 5.32 Å². The molecule has 0 bridgehead atoms. The summed E-state index contributed by atoms with van der Waals surface area (Å²) in [6.45, 7) is 3.08. The van der Waals surface area contributed by atoms with E-state index < -0.39 is 0 Å². The fourth-order valence-corrected chi connectivity index (χ4v) is 6.83. The maximum atomic E-state index is 3.43. The van der Waals surface area contributed by atoms with E-state index in [4.69, 9.17) is 0 Å². The highest BCUT2D eigenvalue weighted by molar-refractivity contribution is 6.24. The third-order valence-electron chi connectivity index (χ3n) is 8.73. The van der Waals surface area contributed by atoms with E-state index in [9.17, 15) is 0 Å². The Morgan fingerprint density at radius 2 is 0.953 bits per heavy atom. The van der Waals surface area contributed by atoms with Gasteiger partial charge in [-0.15, -0.1) is 0 Å². The Labute approximate surface area is 252 Å². The van der Waals surface area contributed by atoms with E-state index in [0.717, 1.165) is 6.54 Å². The maximum Gasteiger partial charge on any atom is 0.0355 e. The summed E-state index contributed by atoms with van der Waals surface area (Å²) in [5, 5.41) is 11.1. The highest BCUT2D eigenvalue weighted by Gasteiger charge is 2.19. The molecule has 0 aromatic heterocycles. The first-order valence-corrected chi connectivity index (χ1v) is 15.0. The van der Waals surface area contributed by atoms with Gasteiger partial charge in [-0.05, 0) is 89.8 Å². The summed E-state index contributed by atoms with van der Waals surface area (Å²) >= 11 is 0. The molecule has 0 atom stereocenters. The minimum absolute atomic E-state index is 0.904. The second-order valence-corrected chi connectivity index (χ2v) is 11.5. The average molecular weight is 550 g/mol. The van der Waals surface area contributed by atoms with Crippen molar-refractivity contribution in [3.8, 4) is 33.4 Å². The molecule has 0 fully saturated rings. The molecule has 0 aliphatic carbocycles. The van der Waals surface area contributed by atoms with Crippen molar-refractivity contribution in [2.45, 2.75) is 6.92 Å². The van der Waals surface area contributed by atoms with Crippen molar-refractivity contribution in [1.29, 1.82) is 0 Å². The van der Waals surface area contributed by atoms with Crippen LogP contribution in [0.4, 0.5) is 0 Å². The molecule has 1 N–H and O–H groups in total. The van der Waals surface area contributed by atoms with E-state index in [1.54, 1.807) is 0 Å². The molecule has 1 aliphatic heterocycles. The van der Waals surface area contributed by atoms with Crippen LogP contribution in [0.25, 0.3) is 71.3 Å². The Bertz CT molecular complexity index is 2180. The minimum Gasteiger partial charge on any atom is -0.387 e. The molecule has 0 saturated heterocycles. The molecule has 43 heavy (non-hydrogen) atoms. The van der Waals surface area contributed by atoms with Crippen LogP contribution in [-0.4, -0.2) is 6.54 Å². The lowest BCUT2D eigenvalue weighted by Gasteiger charge is -2.20. The zero-order chi connectivity index (χ0) is 28.8. The highest BCUT2D eigenvalue weighted by atomic mass is 14.8. The predicted octanol–water partition coefficient (Wildman–Crippen LogP) is 11.0. The van der Waals surface area contributed by atoms with Gasteiger partial charge in [0.25, 0.3) is 0 Å². The second kappa shape index (κ2) is 10.5. The summed E-state index contributed by atoms with van der Waals surface area (Å²) in [5.41, 5.74) is 11.4. The number of rotatable bonds is 4. The molecule has 1 nitrogen and oxygen atoms in total. The Hall–Kier alpha value is -5.40. The van der Waals surface area contributed by atoms with E-state index in [-0.39, 0.29) is 0 Å². The van der Waals surface area contributed by atoms with E-state index in [1.165, 1.54) is 82.4 Å². The molecule has 1 aliphatic rings. The van der Waals surface area contributed by atoms with Gasteiger partial charge in [0.15, 0.2) is 0 Å². The van der Waals surface area contributed by atoms with Crippen LogP contribution < -0.4 is 5.32 Å². The number of benzene rings is 7. The Morgan fingerprint density at radius 1 is 0.442 bits per heavy atom. The van der Waals surface area contributed by atoms with Crippen molar-refractivity contribution < 1.29 is 0 Å². The SMILES string of the molecule is CC1=CC(c2cccc(-c3c4ccccc4c(-c4cccc5c(-c6ccccc6)cccc45)c4ccccc34)c2)=CNC1. The summed E-state index contributed by atoms with van der Waals surface area (Å²) in [4.78, 5) is 0. The molecule has 1 heteroatoms. The average Bonchev–Trinajstić information content (AvgIpc) is 3.07. The van der Waals surface area contributed by atoms with Gasteiger partial charge >= 0.3 is 0 Å². The molecular weight excluding hydrogens is 518 g/mol. The number of hydrogen-bond donors (Lipinski definition) is 1. The summed E-state index contributed by atoms with van der Waals surface area (Å²) in [6, 6.07) is 51.1. The van der Waals surface area contributed by atoms with Crippen LogP contribution in [0.15, 0.2) is 157 Å². The molecule has 7 aromatic carbocycles. The molecule has 0 spiro atoms. The van der Waals surface area contributed by atoms with Crippen LogP contribution in [0.5, 0.6) is 0 Å². The molecule has 204 valence electrons. The second-order valence-electron chi connectivity index (χ2n) is 11.5. The fourth-order valence-electron chi connectivity index (χ4n) is 6.83. The summed E-state index contributed by atoms with van der Waals surface area (Å²) in [5.74, 6) is 0. The monoisotopic (exact) mass is 549 g/mol. The maximum absolute atomic E-state index is 3.43. The first kappa shape index (κ1) is 25.3. The lowest BCUT2D eigenvalue weighted by atomic mass is 9.83. The van der Waals surface area contributed by atoms with Gasteiger partial charge in [0.1, 0.15) is 0 Å². The van der Waals surface area contributed by atoms with Crippen molar-refractivity contribution >= 4 is 37.9 Å². The third-order valence-corrected chi connectivity index (χ3v) is 8.73. The molecule has 0 unspecified atom stereocenters. The Kier molecular flexibility index (Phi) is 6.16. The number of nitrogens with one attached hydrogen (secondary N) is 1. The lowest BCUT2D eigenvalue weighted by molar-refractivity contribution is 0.925. The van der Waals surface area contributed by atoms with Crippen LogP contribution >= 0.6 is 0 Å². The van der Waals surface area contributed by atoms with E-state index in [1.807, 2.05) is 0 Å². The highest BCUT2D eigenvalue weighted by Crippen LogP contribution is 2.46. The molecule has 7 aromatic rings. The normalized spacial score (nSPS) is 13.1. The molecule has 0 saturated carbocycles. The molecule has 8 rings (SSSR count). The zero-order valence-corrected chi connectivity index (χ0v) is 24.1. The largest absolute Gasteiger partial charge is 0.387 e.